The molecule has 5 heteroatoms. The van der Waals surface area contributed by atoms with Crippen molar-refractivity contribution in [3.63, 3.8) is 0 Å². The van der Waals surface area contributed by atoms with Crippen molar-refractivity contribution in [2.75, 3.05) is 11.9 Å². The van der Waals surface area contributed by atoms with Gasteiger partial charge in [-0.3, -0.25) is 14.9 Å². The summed E-state index contributed by atoms with van der Waals surface area (Å²) in [7, 11) is 1.69. The van der Waals surface area contributed by atoms with Gasteiger partial charge in [-0.25, -0.2) is 0 Å². The normalized spacial score (nSPS) is 15.7. The van der Waals surface area contributed by atoms with E-state index >= 15 is 0 Å². The van der Waals surface area contributed by atoms with E-state index in [1.807, 2.05) is 18.2 Å². The van der Waals surface area contributed by atoms with Crippen LogP contribution in [-0.2, 0) is 0 Å². The first kappa shape index (κ1) is 15.9. The molecule has 24 heavy (non-hydrogen) atoms. The van der Waals surface area contributed by atoms with E-state index in [0.29, 0.717) is 22.7 Å². The summed E-state index contributed by atoms with van der Waals surface area (Å²) in [5.41, 5.74) is 2.67. The summed E-state index contributed by atoms with van der Waals surface area (Å²) < 4.78 is 0. The predicted molar refractivity (Wildman–Crippen MR) is 93.6 cm³/mol. The van der Waals surface area contributed by atoms with Crippen LogP contribution in [0.15, 0.2) is 54.2 Å². The lowest BCUT2D eigenvalue weighted by Crippen LogP contribution is -2.19. The maximum atomic E-state index is 12.7. The molecule has 1 aliphatic heterocycles. The van der Waals surface area contributed by atoms with E-state index in [2.05, 4.69) is 13.8 Å². The van der Waals surface area contributed by atoms with Crippen molar-refractivity contribution < 1.29 is 9.72 Å². The number of nitrogens with zero attached hydrogens (tertiary/aromatic N) is 2. The number of likely N-dealkylation sites (N-methyl/N-ethyl adjacent to an activating group) is 1. The molecule has 0 spiro atoms. The molecule has 0 amide bonds. The third kappa shape index (κ3) is 2.48. The van der Waals surface area contributed by atoms with Crippen LogP contribution < -0.4 is 4.90 Å². The van der Waals surface area contributed by atoms with Gasteiger partial charge in [0.25, 0.3) is 0 Å². The highest BCUT2D eigenvalue weighted by Crippen LogP contribution is 2.37. The van der Waals surface area contributed by atoms with E-state index in [0.717, 1.165) is 5.56 Å². The molecule has 0 aliphatic carbocycles. The monoisotopic (exact) mass is 322 g/mol. The Morgan fingerprint density at radius 1 is 1.08 bits per heavy atom. The average molecular weight is 322 g/mol. The largest absolute Gasteiger partial charge is 0.335 e. The zero-order valence-corrected chi connectivity index (χ0v) is 13.8. The second-order valence-corrected chi connectivity index (χ2v) is 6.14. The molecule has 2 aromatic carbocycles. The van der Waals surface area contributed by atoms with Gasteiger partial charge in [0.1, 0.15) is 0 Å². The van der Waals surface area contributed by atoms with Gasteiger partial charge >= 0.3 is 5.70 Å². The minimum Gasteiger partial charge on any atom is -0.335 e. The number of Topliss-reactive ketones (excluding diaryl/α,β-unsaturated/α-hetero) is 1. The van der Waals surface area contributed by atoms with Gasteiger partial charge in [-0.05, 0) is 35.7 Å². The molecule has 0 unspecified atom stereocenters. The number of carbonyl (C=O) groups excluding carboxylic acids is 1. The van der Waals surface area contributed by atoms with Gasteiger partial charge < -0.3 is 4.90 Å². The number of ketones is 1. The van der Waals surface area contributed by atoms with E-state index in [-0.39, 0.29) is 17.2 Å². The molecule has 0 N–H and O–H groups in total. The summed E-state index contributed by atoms with van der Waals surface area (Å²) in [6.07, 6.45) is 0. The lowest BCUT2D eigenvalue weighted by molar-refractivity contribution is -0.376. The zero-order valence-electron chi connectivity index (χ0n) is 13.8. The van der Waals surface area contributed by atoms with Crippen molar-refractivity contribution in [1.29, 1.82) is 0 Å². The van der Waals surface area contributed by atoms with Gasteiger partial charge in [0.15, 0.2) is 5.70 Å². The Labute approximate surface area is 140 Å². The highest BCUT2D eigenvalue weighted by Gasteiger charge is 2.37. The molecule has 0 atom stereocenters. The second kappa shape index (κ2) is 5.92. The molecule has 0 aromatic heterocycles. The molecular formula is C19H18N2O3. The van der Waals surface area contributed by atoms with Crippen LogP contribution in [0.5, 0.6) is 0 Å². The Balaban J connectivity index is 2.17. The van der Waals surface area contributed by atoms with Gasteiger partial charge in [0, 0.05) is 12.6 Å². The first-order chi connectivity index (χ1) is 11.4. The molecule has 3 rings (SSSR count). The summed E-state index contributed by atoms with van der Waals surface area (Å²) in [6, 6.07) is 14.2. The van der Waals surface area contributed by atoms with Gasteiger partial charge in [-0.2, -0.15) is 0 Å². The van der Waals surface area contributed by atoms with Crippen molar-refractivity contribution in [2.24, 2.45) is 0 Å². The molecule has 0 saturated heterocycles. The standard InChI is InChI=1S/C19H18N2O3/c1-12(2)13-8-10-14(11-9-13)17(21(23)24)18-19(22)15-6-4-5-7-16(15)20(18)3/h4-12H,1-3H3. The molecule has 0 bridgehead atoms. The van der Waals surface area contributed by atoms with E-state index in [9.17, 15) is 14.9 Å². The van der Waals surface area contributed by atoms with Gasteiger partial charge in [0.2, 0.25) is 5.78 Å². The number of carbonyl (C=O) groups is 1. The molecule has 5 nitrogen and oxygen atoms in total. The number of rotatable bonds is 3. The number of nitro groups is 1. The lowest BCUT2D eigenvalue weighted by atomic mass is 10.00. The third-order valence-corrected chi connectivity index (χ3v) is 4.32. The first-order valence-corrected chi connectivity index (χ1v) is 7.78. The molecule has 2 aromatic rings. The van der Waals surface area contributed by atoms with Crippen LogP contribution in [0.1, 0.15) is 41.3 Å². The van der Waals surface area contributed by atoms with Crippen molar-refractivity contribution in [1.82, 2.24) is 0 Å². The molecule has 1 aliphatic rings. The van der Waals surface area contributed by atoms with Crippen LogP contribution >= 0.6 is 0 Å². The quantitative estimate of drug-likeness (QED) is 0.485. The Morgan fingerprint density at radius 2 is 1.71 bits per heavy atom. The molecule has 0 saturated carbocycles. The van der Waals surface area contributed by atoms with Crippen molar-refractivity contribution in [3.05, 3.63) is 81.0 Å². The summed E-state index contributed by atoms with van der Waals surface area (Å²) in [4.78, 5) is 25.5. The number of fused-ring (bicyclic) bond motifs is 1. The second-order valence-electron chi connectivity index (χ2n) is 6.14. The Hall–Kier alpha value is -2.95. The van der Waals surface area contributed by atoms with Crippen molar-refractivity contribution in [2.45, 2.75) is 19.8 Å². The molecule has 1 heterocycles. The Kier molecular flexibility index (Phi) is 3.93. The topological polar surface area (TPSA) is 63.5 Å². The molecular weight excluding hydrogens is 304 g/mol. The summed E-state index contributed by atoms with van der Waals surface area (Å²) >= 11 is 0. The number of hydrogen-bond acceptors (Lipinski definition) is 4. The van der Waals surface area contributed by atoms with E-state index < -0.39 is 4.92 Å². The smallest absolute Gasteiger partial charge is 0.304 e. The van der Waals surface area contributed by atoms with Crippen molar-refractivity contribution in [3.8, 4) is 0 Å². The summed E-state index contributed by atoms with van der Waals surface area (Å²) in [5.74, 6) is 0.0264. The minimum absolute atomic E-state index is 0.110. The molecule has 0 fully saturated rings. The maximum Gasteiger partial charge on any atom is 0.304 e. The fourth-order valence-corrected chi connectivity index (χ4v) is 2.98. The Bertz CT molecular complexity index is 851. The summed E-state index contributed by atoms with van der Waals surface area (Å²) in [6.45, 7) is 4.12. The zero-order chi connectivity index (χ0) is 17.4. The van der Waals surface area contributed by atoms with Crippen LogP contribution in [0.4, 0.5) is 5.69 Å². The average Bonchev–Trinajstić information content (AvgIpc) is 2.81. The van der Waals surface area contributed by atoms with Crippen LogP contribution in [0.3, 0.4) is 0 Å². The van der Waals surface area contributed by atoms with E-state index in [1.54, 1.807) is 42.3 Å². The summed E-state index contributed by atoms with van der Waals surface area (Å²) in [5, 5.41) is 11.7. The van der Waals surface area contributed by atoms with E-state index in [4.69, 9.17) is 0 Å². The Morgan fingerprint density at radius 3 is 2.25 bits per heavy atom. The number of para-hydroxylation sites is 1. The number of benzene rings is 2. The van der Waals surface area contributed by atoms with E-state index in [1.165, 1.54) is 0 Å². The lowest BCUT2D eigenvalue weighted by Gasteiger charge is -2.14. The SMILES string of the molecule is CC(C)c1ccc(C(=C2C(=O)c3ccccc3N2C)[N+](=O)[O-])cc1. The minimum atomic E-state index is -0.472. The predicted octanol–water partition coefficient (Wildman–Crippen LogP) is 4.09. The number of hydrogen-bond donors (Lipinski definition) is 0. The molecule has 0 radical (unpaired) electrons. The van der Waals surface area contributed by atoms with Crippen LogP contribution in [0.25, 0.3) is 5.70 Å². The van der Waals surface area contributed by atoms with Crippen LogP contribution in [0.2, 0.25) is 0 Å². The van der Waals surface area contributed by atoms with Crippen LogP contribution in [-0.4, -0.2) is 17.8 Å². The number of anilines is 1. The third-order valence-electron chi connectivity index (χ3n) is 4.32. The van der Waals surface area contributed by atoms with Gasteiger partial charge in [0.05, 0.1) is 16.2 Å². The molecule has 122 valence electrons. The van der Waals surface area contributed by atoms with Crippen molar-refractivity contribution >= 4 is 17.2 Å². The van der Waals surface area contributed by atoms with Crippen LogP contribution in [0, 0.1) is 10.1 Å². The highest BCUT2D eigenvalue weighted by atomic mass is 16.6. The fourth-order valence-electron chi connectivity index (χ4n) is 2.98. The van der Waals surface area contributed by atoms with Gasteiger partial charge in [-0.1, -0.05) is 38.1 Å². The first-order valence-electron chi connectivity index (χ1n) is 7.78. The fraction of sp³-hybridized carbons (Fsp3) is 0.211. The maximum absolute atomic E-state index is 12.7. The number of allylic oxidation sites excluding steroid dienone is 1. The highest BCUT2D eigenvalue weighted by molar-refractivity contribution is 6.21. The van der Waals surface area contributed by atoms with Gasteiger partial charge in [-0.15, -0.1) is 0 Å².